The molecule has 0 spiro atoms. The molecule has 0 saturated carbocycles. The lowest BCUT2D eigenvalue weighted by molar-refractivity contribution is 0.0995. The van der Waals surface area contributed by atoms with Crippen molar-refractivity contribution in [3.8, 4) is 6.07 Å². The maximum atomic E-state index is 9.20. The summed E-state index contributed by atoms with van der Waals surface area (Å²) in [5, 5.41) is 12.9. The minimum Gasteiger partial charge on any atom is -0.377 e. The summed E-state index contributed by atoms with van der Waals surface area (Å²) in [4.78, 5) is 0. The van der Waals surface area contributed by atoms with Gasteiger partial charge in [0.25, 0.3) is 0 Å². The molecular formula is C22H28N2OS. The molecule has 3 nitrogen and oxygen atoms in total. The first kappa shape index (κ1) is 20.4. The van der Waals surface area contributed by atoms with Gasteiger partial charge in [-0.3, -0.25) is 0 Å². The van der Waals surface area contributed by atoms with Gasteiger partial charge in [0.15, 0.2) is 0 Å². The maximum absolute atomic E-state index is 9.20. The van der Waals surface area contributed by atoms with E-state index in [4.69, 9.17) is 4.74 Å². The van der Waals surface area contributed by atoms with Crippen LogP contribution in [0.15, 0.2) is 66.4 Å². The molecule has 3 atom stereocenters. The number of nitrogens with one attached hydrogen (secondary N) is 1. The number of ether oxygens (including phenoxy) is 1. The molecule has 1 aliphatic carbocycles. The maximum Gasteiger partial charge on any atom is 0.0950 e. The van der Waals surface area contributed by atoms with Crippen LogP contribution in [0.2, 0.25) is 0 Å². The molecule has 0 fully saturated rings. The summed E-state index contributed by atoms with van der Waals surface area (Å²) in [6.45, 7) is 9.70. The van der Waals surface area contributed by atoms with Crippen LogP contribution in [0.1, 0.15) is 25.8 Å². The van der Waals surface area contributed by atoms with E-state index in [9.17, 15) is 5.26 Å². The number of rotatable bonds is 10. The SMILES string of the molecule is C=C(NC(C)SCC1CC=CC=C1C#N)[C@H](C)COCc1ccccc1. The number of allylic oxidation sites excluding steroid dienone is 4. The Morgan fingerprint density at radius 3 is 2.88 bits per heavy atom. The van der Waals surface area contributed by atoms with Gasteiger partial charge in [-0.25, -0.2) is 0 Å². The lowest BCUT2D eigenvalue weighted by atomic mass is 9.94. The number of benzene rings is 1. The topological polar surface area (TPSA) is 45.0 Å². The van der Waals surface area contributed by atoms with Gasteiger partial charge < -0.3 is 10.1 Å². The molecule has 1 aromatic carbocycles. The predicted octanol–water partition coefficient (Wildman–Crippen LogP) is 5.05. The van der Waals surface area contributed by atoms with Crippen molar-refractivity contribution in [1.29, 1.82) is 5.26 Å². The Kier molecular flexibility index (Phi) is 8.53. The van der Waals surface area contributed by atoms with Crippen LogP contribution in [-0.2, 0) is 11.3 Å². The highest BCUT2D eigenvalue weighted by Gasteiger charge is 2.17. The smallest absolute Gasteiger partial charge is 0.0950 e. The lowest BCUT2D eigenvalue weighted by Crippen LogP contribution is -2.28. The predicted molar refractivity (Wildman–Crippen MR) is 110 cm³/mol. The molecule has 0 radical (unpaired) electrons. The monoisotopic (exact) mass is 368 g/mol. The molecule has 0 heterocycles. The van der Waals surface area contributed by atoms with Crippen LogP contribution < -0.4 is 5.32 Å². The summed E-state index contributed by atoms with van der Waals surface area (Å²) >= 11 is 1.83. The van der Waals surface area contributed by atoms with Crippen molar-refractivity contribution in [2.45, 2.75) is 32.2 Å². The first-order valence-corrected chi connectivity index (χ1v) is 10.1. The second-order valence-electron chi connectivity index (χ2n) is 6.64. The Hall–Kier alpha value is -1.96. The van der Waals surface area contributed by atoms with Gasteiger partial charge in [-0.2, -0.15) is 5.26 Å². The highest BCUT2D eigenvalue weighted by molar-refractivity contribution is 7.99. The van der Waals surface area contributed by atoms with Gasteiger partial charge in [-0.15, -0.1) is 11.8 Å². The highest BCUT2D eigenvalue weighted by Crippen LogP contribution is 2.26. The van der Waals surface area contributed by atoms with Gasteiger partial charge in [-0.1, -0.05) is 56.0 Å². The molecular weight excluding hydrogens is 340 g/mol. The minimum absolute atomic E-state index is 0.244. The molecule has 1 aliphatic rings. The van der Waals surface area contributed by atoms with Crippen LogP contribution in [0.4, 0.5) is 0 Å². The summed E-state index contributed by atoms with van der Waals surface area (Å²) in [5.41, 5.74) is 3.07. The molecule has 1 aromatic rings. The third-order valence-electron chi connectivity index (χ3n) is 4.41. The lowest BCUT2D eigenvalue weighted by Gasteiger charge is -2.23. The van der Waals surface area contributed by atoms with E-state index < -0.39 is 0 Å². The Morgan fingerprint density at radius 2 is 2.15 bits per heavy atom. The van der Waals surface area contributed by atoms with Crippen LogP contribution in [0, 0.1) is 23.2 Å². The van der Waals surface area contributed by atoms with Crippen molar-refractivity contribution in [2.24, 2.45) is 11.8 Å². The third-order valence-corrected chi connectivity index (χ3v) is 5.62. The van der Waals surface area contributed by atoms with Crippen molar-refractivity contribution >= 4 is 11.8 Å². The van der Waals surface area contributed by atoms with E-state index in [1.807, 2.05) is 42.1 Å². The van der Waals surface area contributed by atoms with E-state index in [0.29, 0.717) is 19.1 Å². The number of nitriles is 1. The second kappa shape index (κ2) is 10.9. The van der Waals surface area contributed by atoms with Crippen LogP contribution in [0.25, 0.3) is 0 Å². The van der Waals surface area contributed by atoms with Crippen LogP contribution in [0.3, 0.4) is 0 Å². The van der Waals surface area contributed by atoms with E-state index in [1.165, 1.54) is 5.56 Å². The fourth-order valence-electron chi connectivity index (χ4n) is 2.70. The van der Waals surface area contributed by atoms with Gasteiger partial charge in [0.2, 0.25) is 0 Å². The average molecular weight is 369 g/mol. The minimum atomic E-state index is 0.244. The van der Waals surface area contributed by atoms with E-state index in [1.54, 1.807) is 0 Å². The number of hydrogen-bond donors (Lipinski definition) is 1. The standard InChI is InChI=1S/C22H28N2OS/c1-17(14-25-15-20-9-5-4-6-10-20)18(2)24-19(3)26-16-22-12-8-7-11-21(22)13-23/h4-11,17,19,22,24H,2,12,14-16H2,1,3H3/t17-,19?,22?/m1/s1. The summed E-state index contributed by atoms with van der Waals surface area (Å²) in [5.74, 6) is 1.50. The molecule has 4 heteroatoms. The van der Waals surface area contributed by atoms with E-state index in [2.05, 4.69) is 50.0 Å². The fourth-order valence-corrected chi connectivity index (χ4v) is 3.77. The second-order valence-corrected chi connectivity index (χ2v) is 8.02. The largest absolute Gasteiger partial charge is 0.377 e. The summed E-state index contributed by atoms with van der Waals surface area (Å²) in [6.07, 6.45) is 6.98. The zero-order valence-electron chi connectivity index (χ0n) is 15.7. The Morgan fingerprint density at radius 1 is 1.38 bits per heavy atom. The molecule has 0 bridgehead atoms. The van der Waals surface area contributed by atoms with Gasteiger partial charge >= 0.3 is 0 Å². The molecule has 138 valence electrons. The fraction of sp³-hybridized carbons (Fsp3) is 0.409. The number of thioether (sulfide) groups is 1. The molecule has 26 heavy (non-hydrogen) atoms. The molecule has 0 aromatic heterocycles. The van der Waals surface area contributed by atoms with Crippen molar-refractivity contribution in [3.05, 3.63) is 72.0 Å². The van der Waals surface area contributed by atoms with E-state index in [-0.39, 0.29) is 11.3 Å². The van der Waals surface area contributed by atoms with E-state index in [0.717, 1.165) is 23.4 Å². The molecule has 1 N–H and O–H groups in total. The van der Waals surface area contributed by atoms with Gasteiger partial charge in [0.1, 0.15) is 0 Å². The third kappa shape index (κ3) is 6.74. The van der Waals surface area contributed by atoms with Crippen LogP contribution >= 0.6 is 11.8 Å². The average Bonchev–Trinajstić information content (AvgIpc) is 2.67. The first-order valence-electron chi connectivity index (χ1n) is 9.05. The van der Waals surface area contributed by atoms with Crippen LogP contribution in [0.5, 0.6) is 0 Å². The van der Waals surface area contributed by atoms with E-state index >= 15 is 0 Å². The summed E-state index contributed by atoms with van der Waals surface area (Å²) < 4.78 is 5.81. The normalized spacial score (nSPS) is 18.5. The Bertz CT molecular complexity index is 675. The highest BCUT2D eigenvalue weighted by atomic mass is 32.2. The van der Waals surface area contributed by atoms with Gasteiger partial charge in [0, 0.05) is 28.9 Å². The summed E-state index contributed by atoms with van der Waals surface area (Å²) in [7, 11) is 0. The molecule has 2 rings (SSSR count). The number of nitrogens with zero attached hydrogens (tertiary/aromatic N) is 1. The zero-order valence-corrected chi connectivity index (χ0v) is 16.5. The molecule has 0 amide bonds. The van der Waals surface area contributed by atoms with Gasteiger partial charge in [0.05, 0.1) is 24.7 Å². The van der Waals surface area contributed by atoms with Crippen LogP contribution in [-0.4, -0.2) is 17.7 Å². The van der Waals surface area contributed by atoms with Gasteiger partial charge in [-0.05, 0) is 25.0 Å². The molecule has 2 unspecified atom stereocenters. The zero-order chi connectivity index (χ0) is 18.8. The Labute approximate surface area is 161 Å². The van der Waals surface area contributed by atoms with Crippen molar-refractivity contribution in [3.63, 3.8) is 0 Å². The first-order chi connectivity index (χ1) is 12.6. The molecule has 0 saturated heterocycles. The molecule has 0 aliphatic heterocycles. The van der Waals surface area contributed by atoms with Crippen molar-refractivity contribution in [2.75, 3.05) is 12.4 Å². The van der Waals surface area contributed by atoms with Crippen molar-refractivity contribution < 1.29 is 4.74 Å². The van der Waals surface area contributed by atoms with Crippen molar-refractivity contribution in [1.82, 2.24) is 5.32 Å². The quantitative estimate of drug-likeness (QED) is 0.587. The number of hydrogen-bond acceptors (Lipinski definition) is 4. The Balaban J connectivity index is 1.66. The summed E-state index contributed by atoms with van der Waals surface area (Å²) in [6, 6.07) is 12.5.